The highest BCUT2D eigenvalue weighted by molar-refractivity contribution is 5.28. The molecule has 0 amide bonds. The Morgan fingerprint density at radius 2 is 2.14 bits per heavy atom. The van der Waals surface area contributed by atoms with Gasteiger partial charge in [0.1, 0.15) is 5.75 Å². The van der Waals surface area contributed by atoms with E-state index in [0.717, 1.165) is 31.9 Å². The molecule has 0 aliphatic rings. The maximum atomic E-state index is 5.43. The van der Waals surface area contributed by atoms with E-state index < -0.39 is 0 Å². The molecule has 0 saturated heterocycles. The van der Waals surface area contributed by atoms with Crippen LogP contribution in [0.2, 0.25) is 0 Å². The number of hydrogen-bond donors (Lipinski definition) is 1. The normalized spacial score (nSPS) is 10.1. The molecule has 0 aliphatic heterocycles. The highest BCUT2D eigenvalue weighted by atomic mass is 16.5. The van der Waals surface area contributed by atoms with Crippen LogP contribution >= 0.6 is 0 Å². The smallest absolute Gasteiger partial charge is 0.119 e. The number of rotatable bonds is 6. The first kappa shape index (κ1) is 11.1. The van der Waals surface area contributed by atoms with Gasteiger partial charge in [0.2, 0.25) is 0 Å². The highest BCUT2D eigenvalue weighted by Crippen LogP contribution is 2.13. The molecule has 0 aliphatic carbocycles. The number of nitrogens with one attached hydrogen (secondary N) is 1. The van der Waals surface area contributed by atoms with Gasteiger partial charge in [0.05, 0.1) is 6.61 Å². The predicted molar refractivity (Wildman–Crippen MR) is 59.9 cm³/mol. The van der Waals surface area contributed by atoms with Gasteiger partial charge in [-0.2, -0.15) is 0 Å². The third-order valence-electron chi connectivity index (χ3n) is 2.05. The van der Waals surface area contributed by atoms with Crippen LogP contribution in [0.1, 0.15) is 19.4 Å². The van der Waals surface area contributed by atoms with Crippen LogP contribution in [0.3, 0.4) is 0 Å². The number of ether oxygens (including phenoxy) is 1. The second-order valence-electron chi connectivity index (χ2n) is 3.18. The minimum absolute atomic E-state index is 0.733. The first-order valence-electron chi connectivity index (χ1n) is 5.29. The van der Waals surface area contributed by atoms with Crippen molar-refractivity contribution in [1.82, 2.24) is 5.32 Å². The molecule has 1 rings (SSSR count). The summed E-state index contributed by atoms with van der Waals surface area (Å²) >= 11 is 0. The summed E-state index contributed by atoms with van der Waals surface area (Å²) in [5.74, 6) is 0.974. The fourth-order valence-corrected chi connectivity index (χ4v) is 1.37. The number of hydrogen-bond acceptors (Lipinski definition) is 2. The molecule has 0 unspecified atom stereocenters. The fraction of sp³-hybridized carbons (Fsp3) is 0.500. The minimum Gasteiger partial charge on any atom is -0.494 e. The van der Waals surface area contributed by atoms with Crippen LogP contribution in [-0.4, -0.2) is 19.7 Å². The molecule has 0 atom stereocenters. The lowest BCUT2D eigenvalue weighted by Gasteiger charge is -2.06. The molecule has 2 heteroatoms. The van der Waals surface area contributed by atoms with E-state index in [0.29, 0.717) is 0 Å². The van der Waals surface area contributed by atoms with Crippen molar-refractivity contribution in [2.24, 2.45) is 0 Å². The Kier molecular flexibility index (Phi) is 5.08. The van der Waals surface area contributed by atoms with Gasteiger partial charge in [-0.3, -0.25) is 0 Å². The van der Waals surface area contributed by atoms with Crippen molar-refractivity contribution in [2.45, 2.75) is 20.3 Å². The molecule has 1 aromatic carbocycles. The average molecular weight is 193 g/mol. The van der Waals surface area contributed by atoms with Crippen molar-refractivity contribution in [2.75, 3.05) is 19.7 Å². The van der Waals surface area contributed by atoms with Crippen molar-refractivity contribution in [3.05, 3.63) is 29.8 Å². The minimum atomic E-state index is 0.733. The van der Waals surface area contributed by atoms with Crippen molar-refractivity contribution < 1.29 is 4.74 Å². The van der Waals surface area contributed by atoms with Crippen molar-refractivity contribution in [3.8, 4) is 5.75 Å². The summed E-state index contributed by atoms with van der Waals surface area (Å²) in [6, 6.07) is 8.30. The van der Waals surface area contributed by atoms with E-state index in [9.17, 15) is 0 Å². The maximum absolute atomic E-state index is 5.43. The summed E-state index contributed by atoms with van der Waals surface area (Å²) < 4.78 is 5.43. The molecule has 14 heavy (non-hydrogen) atoms. The van der Waals surface area contributed by atoms with Crippen LogP contribution in [0, 0.1) is 0 Å². The lowest BCUT2D eigenvalue weighted by atomic mass is 10.1. The summed E-state index contributed by atoms with van der Waals surface area (Å²) in [6.07, 6.45) is 1.06. The first-order chi connectivity index (χ1) is 6.86. The molecule has 0 radical (unpaired) electrons. The fourth-order valence-electron chi connectivity index (χ4n) is 1.37. The van der Waals surface area contributed by atoms with Gasteiger partial charge < -0.3 is 10.1 Å². The van der Waals surface area contributed by atoms with Crippen LogP contribution in [-0.2, 0) is 6.42 Å². The zero-order valence-electron chi connectivity index (χ0n) is 9.05. The molecule has 1 aromatic rings. The van der Waals surface area contributed by atoms with Crippen molar-refractivity contribution in [1.29, 1.82) is 0 Å². The second-order valence-corrected chi connectivity index (χ2v) is 3.18. The van der Waals surface area contributed by atoms with Crippen molar-refractivity contribution in [3.63, 3.8) is 0 Å². The zero-order chi connectivity index (χ0) is 10.2. The van der Waals surface area contributed by atoms with Gasteiger partial charge in [0.25, 0.3) is 0 Å². The Hall–Kier alpha value is -1.02. The summed E-state index contributed by atoms with van der Waals surface area (Å²) in [4.78, 5) is 0. The Bertz CT molecular complexity index is 260. The second kappa shape index (κ2) is 6.44. The summed E-state index contributed by atoms with van der Waals surface area (Å²) in [7, 11) is 0. The van der Waals surface area contributed by atoms with Gasteiger partial charge in [0, 0.05) is 0 Å². The van der Waals surface area contributed by atoms with Gasteiger partial charge in [-0.15, -0.1) is 0 Å². The molecule has 0 spiro atoms. The molecule has 2 nitrogen and oxygen atoms in total. The molecular weight excluding hydrogens is 174 g/mol. The van der Waals surface area contributed by atoms with Crippen LogP contribution < -0.4 is 10.1 Å². The van der Waals surface area contributed by atoms with Gasteiger partial charge in [-0.1, -0.05) is 19.1 Å². The Morgan fingerprint density at radius 3 is 2.86 bits per heavy atom. The lowest BCUT2D eigenvalue weighted by Crippen LogP contribution is -2.15. The van der Waals surface area contributed by atoms with Gasteiger partial charge in [0.15, 0.2) is 0 Å². The highest BCUT2D eigenvalue weighted by Gasteiger charge is 1.95. The molecule has 0 fully saturated rings. The quantitative estimate of drug-likeness (QED) is 0.700. The van der Waals surface area contributed by atoms with E-state index in [1.165, 1.54) is 5.56 Å². The average Bonchev–Trinajstić information content (AvgIpc) is 2.19. The van der Waals surface area contributed by atoms with Gasteiger partial charge in [-0.05, 0) is 44.1 Å². The molecule has 0 saturated carbocycles. The van der Waals surface area contributed by atoms with E-state index in [-0.39, 0.29) is 0 Å². The van der Waals surface area contributed by atoms with Crippen LogP contribution in [0.5, 0.6) is 5.75 Å². The monoisotopic (exact) mass is 193 g/mol. The maximum Gasteiger partial charge on any atom is 0.119 e. The summed E-state index contributed by atoms with van der Waals surface area (Å²) in [5, 5.41) is 3.31. The Balaban J connectivity index is 2.46. The Morgan fingerprint density at radius 1 is 1.29 bits per heavy atom. The van der Waals surface area contributed by atoms with Crippen LogP contribution in [0.4, 0.5) is 0 Å². The molecule has 78 valence electrons. The number of likely N-dealkylation sites (N-methyl/N-ethyl adjacent to an activating group) is 1. The van der Waals surface area contributed by atoms with E-state index in [1.807, 2.05) is 19.1 Å². The van der Waals surface area contributed by atoms with Gasteiger partial charge in [-0.25, -0.2) is 0 Å². The zero-order valence-corrected chi connectivity index (χ0v) is 9.05. The van der Waals surface area contributed by atoms with Crippen LogP contribution in [0.25, 0.3) is 0 Å². The lowest BCUT2D eigenvalue weighted by molar-refractivity contribution is 0.340. The largest absolute Gasteiger partial charge is 0.494 e. The third kappa shape index (κ3) is 3.79. The molecule has 0 heterocycles. The predicted octanol–water partition coefficient (Wildman–Crippen LogP) is 2.24. The number of benzene rings is 1. The summed E-state index contributed by atoms with van der Waals surface area (Å²) in [5.41, 5.74) is 1.33. The summed E-state index contributed by atoms with van der Waals surface area (Å²) in [6.45, 7) is 6.93. The van der Waals surface area contributed by atoms with E-state index in [2.05, 4.69) is 24.4 Å². The molecule has 1 N–H and O–H groups in total. The van der Waals surface area contributed by atoms with Gasteiger partial charge >= 0.3 is 0 Å². The standard InChI is InChI=1S/C12H19NO/c1-3-13-9-8-11-6-5-7-12(10-11)14-4-2/h5-7,10,13H,3-4,8-9H2,1-2H3. The Labute approximate surface area is 86.3 Å². The molecule has 0 aromatic heterocycles. The van der Waals surface area contributed by atoms with E-state index in [1.54, 1.807) is 0 Å². The van der Waals surface area contributed by atoms with Crippen LogP contribution in [0.15, 0.2) is 24.3 Å². The molecule has 0 bridgehead atoms. The SMILES string of the molecule is CCNCCc1cccc(OCC)c1. The van der Waals surface area contributed by atoms with Crippen molar-refractivity contribution >= 4 is 0 Å². The topological polar surface area (TPSA) is 21.3 Å². The van der Waals surface area contributed by atoms with E-state index in [4.69, 9.17) is 4.74 Å². The first-order valence-corrected chi connectivity index (χ1v) is 5.29. The third-order valence-corrected chi connectivity index (χ3v) is 2.05. The molecular formula is C12H19NO. The van der Waals surface area contributed by atoms with E-state index >= 15 is 0 Å².